The van der Waals surface area contributed by atoms with Gasteiger partial charge in [0.25, 0.3) is 0 Å². The number of hydrogen-bond donors (Lipinski definition) is 1. The first kappa shape index (κ1) is 15.4. The summed E-state index contributed by atoms with van der Waals surface area (Å²) in [5, 5.41) is 9.15. The van der Waals surface area contributed by atoms with Crippen LogP contribution in [0.3, 0.4) is 0 Å². The Kier molecular flexibility index (Phi) is 4.85. The third kappa shape index (κ3) is 4.49. The van der Waals surface area contributed by atoms with Crippen LogP contribution in [0.5, 0.6) is 17.2 Å². The smallest absolute Gasteiger partial charge is 0.335 e. The Balaban J connectivity index is 2.30. The van der Waals surface area contributed by atoms with E-state index in [0.29, 0.717) is 17.2 Å². The zero-order chi connectivity index (χ0) is 15.4. The second kappa shape index (κ2) is 6.63. The average molecular weight is 351 g/mol. The van der Waals surface area contributed by atoms with Gasteiger partial charge in [0.05, 0.1) is 11.7 Å². The molecule has 0 unspecified atom stereocenters. The number of aromatic carboxylic acids is 1. The van der Waals surface area contributed by atoms with Gasteiger partial charge in [-0.15, -0.1) is 0 Å². The molecule has 0 fully saturated rings. The molecule has 21 heavy (non-hydrogen) atoms. The molecule has 0 bridgehead atoms. The van der Waals surface area contributed by atoms with Crippen LogP contribution in [0.1, 0.15) is 24.2 Å². The Labute approximate surface area is 131 Å². The molecule has 0 aliphatic heterocycles. The number of hydrogen-bond acceptors (Lipinski definition) is 3. The van der Waals surface area contributed by atoms with Gasteiger partial charge in [-0.2, -0.15) is 0 Å². The second-order valence-electron chi connectivity index (χ2n) is 4.72. The maximum atomic E-state index is 11.2. The minimum atomic E-state index is -1.02. The number of ether oxygens (including phenoxy) is 2. The highest BCUT2D eigenvalue weighted by molar-refractivity contribution is 9.10. The van der Waals surface area contributed by atoms with Gasteiger partial charge in [-0.1, -0.05) is 15.9 Å². The van der Waals surface area contributed by atoms with Crippen LogP contribution in [-0.4, -0.2) is 17.2 Å². The third-order valence-electron chi connectivity index (χ3n) is 2.55. The van der Waals surface area contributed by atoms with Gasteiger partial charge in [-0.25, -0.2) is 4.79 Å². The van der Waals surface area contributed by atoms with Gasteiger partial charge in [0.2, 0.25) is 0 Å². The van der Waals surface area contributed by atoms with Crippen molar-refractivity contribution < 1.29 is 19.4 Å². The highest BCUT2D eigenvalue weighted by Gasteiger charge is 2.10. The number of carbonyl (C=O) groups is 1. The van der Waals surface area contributed by atoms with Crippen molar-refractivity contribution in [3.63, 3.8) is 0 Å². The molecular formula is C16H15BrO4. The molecule has 0 aromatic heterocycles. The van der Waals surface area contributed by atoms with Gasteiger partial charge >= 0.3 is 5.97 Å². The molecular weight excluding hydrogens is 336 g/mol. The van der Waals surface area contributed by atoms with Crippen molar-refractivity contribution in [3.8, 4) is 17.2 Å². The van der Waals surface area contributed by atoms with E-state index in [4.69, 9.17) is 14.6 Å². The molecule has 0 amide bonds. The van der Waals surface area contributed by atoms with E-state index in [2.05, 4.69) is 15.9 Å². The maximum absolute atomic E-state index is 11.2. The number of rotatable bonds is 5. The Morgan fingerprint density at radius 2 is 1.67 bits per heavy atom. The van der Waals surface area contributed by atoms with Gasteiger partial charge in [-0.3, -0.25) is 0 Å². The van der Waals surface area contributed by atoms with E-state index in [0.717, 1.165) is 4.47 Å². The molecule has 0 aliphatic rings. The number of carboxylic acid groups (broad SMARTS) is 1. The summed E-state index contributed by atoms with van der Waals surface area (Å²) in [4.78, 5) is 11.2. The summed E-state index contributed by atoms with van der Waals surface area (Å²) in [7, 11) is 0. The van der Waals surface area contributed by atoms with Crippen LogP contribution in [0.4, 0.5) is 0 Å². The summed E-state index contributed by atoms with van der Waals surface area (Å²) in [6.07, 6.45) is -0.0467. The van der Waals surface area contributed by atoms with E-state index in [-0.39, 0.29) is 11.7 Å². The molecule has 0 heterocycles. The molecule has 0 saturated heterocycles. The van der Waals surface area contributed by atoms with Crippen LogP contribution in [0.2, 0.25) is 0 Å². The third-order valence-corrected chi connectivity index (χ3v) is 3.08. The normalized spacial score (nSPS) is 10.5. The van der Waals surface area contributed by atoms with Gasteiger partial charge < -0.3 is 14.6 Å². The van der Waals surface area contributed by atoms with Crippen molar-refractivity contribution in [1.29, 1.82) is 0 Å². The lowest BCUT2D eigenvalue weighted by molar-refractivity contribution is 0.0695. The summed E-state index contributed by atoms with van der Waals surface area (Å²) in [6, 6.07) is 11.9. The van der Waals surface area contributed by atoms with E-state index < -0.39 is 5.97 Å². The van der Waals surface area contributed by atoms with Crippen molar-refractivity contribution in [3.05, 3.63) is 52.5 Å². The SMILES string of the molecule is CC(C)Oc1cc(Oc2ccc(Br)cc2)cc(C(=O)O)c1. The molecule has 2 aromatic carbocycles. The Hall–Kier alpha value is -2.01. The lowest BCUT2D eigenvalue weighted by Gasteiger charge is -2.13. The fourth-order valence-electron chi connectivity index (χ4n) is 1.73. The van der Waals surface area contributed by atoms with Crippen molar-refractivity contribution in [2.24, 2.45) is 0 Å². The number of carboxylic acids is 1. The largest absolute Gasteiger partial charge is 0.491 e. The first-order valence-corrected chi connectivity index (χ1v) is 7.22. The zero-order valence-corrected chi connectivity index (χ0v) is 13.3. The molecule has 2 aromatic rings. The van der Waals surface area contributed by atoms with Gasteiger partial charge in [0, 0.05) is 10.5 Å². The lowest BCUT2D eigenvalue weighted by Crippen LogP contribution is -2.07. The maximum Gasteiger partial charge on any atom is 0.335 e. The van der Waals surface area contributed by atoms with Crippen LogP contribution in [0.25, 0.3) is 0 Å². The first-order chi connectivity index (χ1) is 9.94. The molecule has 110 valence electrons. The monoisotopic (exact) mass is 350 g/mol. The van der Waals surface area contributed by atoms with E-state index >= 15 is 0 Å². The minimum absolute atomic E-state index is 0.0467. The van der Waals surface area contributed by atoms with Crippen LogP contribution in [0.15, 0.2) is 46.9 Å². The predicted molar refractivity (Wildman–Crippen MR) is 83.4 cm³/mol. The van der Waals surface area contributed by atoms with Gasteiger partial charge in [-0.05, 0) is 50.2 Å². The van der Waals surface area contributed by atoms with Crippen LogP contribution >= 0.6 is 15.9 Å². The molecule has 0 aliphatic carbocycles. The van der Waals surface area contributed by atoms with E-state index in [1.165, 1.54) is 12.1 Å². The van der Waals surface area contributed by atoms with Crippen LogP contribution in [0, 0.1) is 0 Å². The van der Waals surface area contributed by atoms with Crippen LogP contribution in [-0.2, 0) is 0 Å². The molecule has 0 radical (unpaired) electrons. The molecule has 0 spiro atoms. The van der Waals surface area contributed by atoms with Crippen molar-refractivity contribution in [2.75, 3.05) is 0 Å². The second-order valence-corrected chi connectivity index (χ2v) is 5.64. The van der Waals surface area contributed by atoms with E-state index in [1.54, 1.807) is 18.2 Å². The summed E-state index contributed by atoms with van der Waals surface area (Å²) < 4.78 is 12.2. The number of halogens is 1. The van der Waals surface area contributed by atoms with Crippen molar-refractivity contribution >= 4 is 21.9 Å². The minimum Gasteiger partial charge on any atom is -0.491 e. The van der Waals surface area contributed by atoms with E-state index in [1.807, 2.05) is 26.0 Å². The zero-order valence-electron chi connectivity index (χ0n) is 11.7. The Morgan fingerprint density at radius 3 is 2.24 bits per heavy atom. The highest BCUT2D eigenvalue weighted by atomic mass is 79.9. The van der Waals surface area contributed by atoms with Crippen molar-refractivity contribution in [1.82, 2.24) is 0 Å². The number of benzene rings is 2. The topological polar surface area (TPSA) is 55.8 Å². The highest BCUT2D eigenvalue weighted by Crippen LogP contribution is 2.28. The standard InChI is InChI=1S/C16H15BrO4/c1-10(2)20-14-7-11(16(18)19)8-15(9-14)21-13-5-3-12(17)4-6-13/h3-10H,1-2H3,(H,18,19). The predicted octanol–water partition coefficient (Wildman–Crippen LogP) is 4.73. The molecule has 4 nitrogen and oxygen atoms in total. The fourth-order valence-corrected chi connectivity index (χ4v) is 2.00. The molecule has 1 N–H and O–H groups in total. The molecule has 0 saturated carbocycles. The first-order valence-electron chi connectivity index (χ1n) is 6.42. The van der Waals surface area contributed by atoms with Gasteiger partial charge in [0.15, 0.2) is 0 Å². The van der Waals surface area contributed by atoms with E-state index in [9.17, 15) is 4.79 Å². The van der Waals surface area contributed by atoms with Crippen LogP contribution < -0.4 is 9.47 Å². The summed E-state index contributed by atoms with van der Waals surface area (Å²) in [5.74, 6) is 0.492. The molecule has 2 rings (SSSR count). The Morgan fingerprint density at radius 1 is 1.05 bits per heavy atom. The fraction of sp³-hybridized carbons (Fsp3) is 0.188. The summed E-state index contributed by atoms with van der Waals surface area (Å²) in [5.41, 5.74) is 0.125. The molecule has 5 heteroatoms. The average Bonchev–Trinajstić information content (AvgIpc) is 2.40. The van der Waals surface area contributed by atoms with Crippen molar-refractivity contribution in [2.45, 2.75) is 20.0 Å². The Bertz CT molecular complexity index is 635. The summed E-state index contributed by atoms with van der Waals surface area (Å²) in [6.45, 7) is 3.76. The van der Waals surface area contributed by atoms with Gasteiger partial charge in [0.1, 0.15) is 17.2 Å². The molecule has 0 atom stereocenters. The lowest BCUT2D eigenvalue weighted by atomic mass is 10.2. The summed E-state index contributed by atoms with van der Waals surface area (Å²) >= 11 is 3.35. The quantitative estimate of drug-likeness (QED) is 0.846.